The lowest BCUT2D eigenvalue weighted by atomic mass is 10.1. The van der Waals surface area contributed by atoms with E-state index in [2.05, 4.69) is 36.2 Å². The first-order chi connectivity index (χ1) is 7.75. The number of anilines is 1. The van der Waals surface area contributed by atoms with E-state index in [1.807, 2.05) is 6.07 Å². The average Bonchev–Trinajstić information content (AvgIpc) is 2.28. The van der Waals surface area contributed by atoms with Crippen molar-refractivity contribution >= 4 is 17.4 Å². The van der Waals surface area contributed by atoms with Crippen molar-refractivity contribution in [2.24, 2.45) is 0 Å². The highest BCUT2D eigenvalue weighted by atomic mass is 32.2. The smallest absolute Gasteiger partial charge is 0.0983 e. The first-order valence-electron chi connectivity index (χ1n) is 5.14. The van der Waals surface area contributed by atoms with Gasteiger partial charge in [-0.15, -0.1) is 11.8 Å². The molecule has 0 fully saturated rings. The van der Waals surface area contributed by atoms with Crippen molar-refractivity contribution in [3.63, 3.8) is 0 Å². The van der Waals surface area contributed by atoms with Crippen LogP contribution in [0.1, 0.15) is 11.1 Å². The van der Waals surface area contributed by atoms with Gasteiger partial charge in [-0.2, -0.15) is 0 Å². The van der Waals surface area contributed by atoms with E-state index in [1.54, 1.807) is 24.0 Å². The van der Waals surface area contributed by atoms with Crippen molar-refractivity contribution in [1.29, 1.82) is 0 Å². The minimum absolute atomic E-state index is 0.766. The lowest BCUT2D eigenvalue weighted by Crippen LogP contribution is -1.89. The summed E-state index contributed by atoms with van der Waals surface area (Å²) < 4.78 is 0. The van der Waals surface area contributed by atoms with Crippen LogP contribution in [-0.4, -0.2) is 4.98 Å². The molecule has 2 rings (SSSR count). The highest BCUT2D eigenvalue weighted by Crippen LogP contribution is 2.23. The number of rotatable bonds is 3. The summed E-state index contributed by atoms with van der Waals surface area (Å²) in [5, 5.41) is 0.975. The van der Waals surface area contributed by atoms with Gasteiger partial charge in [0.15, 0.2) is 0 Å². The van der Waals surface area contributed by atoms with Gasteiger partial charge >= 0.3 is 0 Å². The maximum Gasteiger partial charge on any atom is 0.0983 e. The molecule has 0 aliphatic carbocycles. The van der Waals surface area contributed by atoms with Gasteiger partial charge in [0, 0.05) is 17.6 Å². The van der Waals surface area contributed by atoms with Gasteiger partial charge in [0.25, 0.3) is 0 Å². The highest BCUT2D eigenvalue weighted by Gasteiger charge is 2.00. The molecule has 2 N–H and O–H groups in total. The molecule has 0 bridgehead atoms. The number of aromatic nitrogens is 1. The Morgan fingerprint density at radius 2 is 2.06 bits per heavy atom. The van der Waals surface area contributed by atoms with Gasteiger partial charge in [-0.3, -0.25) is 0 Å². The number of hydrogen-bond donors (Lipinski definition) is 1. The molecule has 0 radical (unpaired) electrons. The lowest BCUT2D eigenvalue weighted by Gasteiger charge is -2.05. The molecule has 2 nitrogen and oxygen atoms in total. The molecule has 0 spiro atoms. The molecule has 0 amide bonds. The lowest BCUT2D eigenvalue weighted by molar-refractivity contribution is 1.13. The van der Waals surface area contributed by atoms with Crippen LogP contribution in [0.3, 0.4) is 0 Å². The molecule has 2 aromatic rings. The second-order valence-corrected chi connectivity index (χ2v) is 4.64. The quantitative estimate of drug-likeness (QED) is 0.822. The van der Waals surface area contributed by atoms with Crippen molar-refractivity contribution in [3.05, 3.63) is 53.7 Å². The van der Waals surface area contributed by atoms with Crippen molar-refractivity contribution in [1.82, 2.24) is 4.98 Å². The molecule has 0 aliphatic rings. The first-order valence-corrected chi connectivity index (χ1v) is 6.13. The van der Waals surface area contributed by atoms with Gasteiger partial charge in [0.05, 0.1) is 5.03 Å². The third-order valence-corrected chi connectivity index (χ3v) is 3.37. The van der Waals surface area contributed by atoms with Gasteiger partial charge in [0.2, 0.25) is 0 Å². The number of thioether (sulfide) groups is 1. The van der Waals surface area contributed by atoms with Gasteiger partial charge in [0.1, 0.15) is 0 Å². The molecule has 3 heteroatoms. The predicted octanol–water partition coefficient (Wildman–Crippen LogP) is 3.26. The summed E-state index contributed by atoms with van der Waals surface area (Å²) in [6, 6.07) is 12.1. The number of nitrogens with zero attached hydrogens (tertiary/aromatic N) is 1. The van der Waals surface area contributed by atoms with Crippen LogP contribution in [0, 0.1) is 6.92 Å². The van der Waals surface area contributed by atoms with E-state index in [0.29, 0.717) is 0 Å². The number of nitrogens with two attached hydrogens (primary N) is 1. The minimum atomic E-state index is 0.766. The molecule has 0 aliphatic heterocycles. The summed E-state index contributed by atoms with van der Waals surface area (Å²) in [4.78, 5) is 4.27. The number of benzene rings is 1. The van der Waals surface area contributed by atoms with Crippen LogP contribution in [0.25, 0.3) is 0 Å². The summed E-state index contributed by atoms with van der Waals surface area (Å²) in [7, 11) is 0. The number of aryl methyl sites for hydroxylation is 1. The van der Waals surface area contributed by atoms with Crippen LogP contribution in [0.15, 0.2) is 47.6 Å². The summed E-state index contributed by atoms with van der Waals surface area (Å²) in [5.41, 5.74) is 9.13. The summed E-state index contributed by atoms with van der Waals surface area (Å²) in [6.07, 6.45) is 1.75. The molecule has 0 atom stereocenters. The molecular weight excluding hydrogens is 216 g/mol. The Bertz CT molecular complexity index is 483. The van der Waals surface area contributed by atoms with Crippen molar-refractivity contribution in [2.75, 3.05) is 5.73 Å². The fourth-order valence-corrected chi connectivity index (χ4v) is 2.41. The van der Waals surface area contributed by atoms with Gasteiger partial charge < -0.3 is 5.73 Å². The molecule has 0 unspecified atom stereocenters. The molecule has 0 saturated heterocycles. The van der Waals surface area contributed by atoms with Crippen LogP contribution < -0.4 is 5.73 Å². The first kappa shape index (κ1) is 11.0. The number of nitrogen functional groups attached to an aromatic ring is 1. The van der Waals surface area contributed by atoms with E-state index in [1.165, 1.54) is 11.1 Å². The zero-order valence-electron chi connectivity index (χ0n) is 9.18. The Morgan fingerprint density at radius 1 is 1.25 bits per heavy atom. The average molecular weight is 230 g/mol. The maximum atomic E-state index is 5.70. The van der Waals surface area contributed by atoms with Gasteiger partial charge in [-0.1, -0.05) is 24.3 Å². The largest absolute Gasteiger partial charge is 0.399 e. The summed E-state index contributed by atoms with van der Waals surface area (Å²) in [6.45, 7) is 2.13. The molecule has 1 aromatic carbocycles. The van der Waals surface area contributed by atoms with E-state index >= 15 is 0 Å². The van der Waals surface area contributed by atoms with E-state index < -0.39 is 0 Å². The standard InChI is InChI=1S/C13H14N2S/c1-10-4-2-3-5-11(10)9-16-13-8-12(14)6-7-15-13/h2-8H,9H2,1H3,(H2,14,15). The molecule has 0 saturated carbocycles. The molecule has 82 valence electrons. The minimum Gasteiger partial charge on any atom is -0.399 e. The highest BCUT2D eigenvalue weighted by molar-refractivity contribution is 7.98. The van der Waals surface area contributed by atoms with Crippen LogP contribution in [-0.2, 0) is 5.75 Å². The maximum absolute atomic E-state index is 5.70. The van der Waals surface area contributed by atoms with Crippen molar-refractivity contribution in [3.8, 4) is 0 Å². The second kappa shape index (κ2) is 5.03. The zero-order valence-corrected chi connectivity index (χ0v) is 10.00. The van der Waals surface area contributed by atoms with E-state index in [9.17, 15) is 0 Å². The Labute approximate surface area is 99.9 Å². The van der Waals surface area contributed by atoms with Crippen molar-refractivity contribution < 1.29 is 0 Å². The van der Waals surface area contributed by atoms with Crippen LogP contribution in [0.4, 0.5) is 5.69 Å². The SMILES string of the molecule is Cc1ccccc1CSc1cc(N)ccn1. The monoisotopic (exact) mass is 230 g/mol. The molecule has 1 aromatic heterocycles. The van der Waals surface area contributed by atoms with Crippen molar-refractivity contribution in [2.45, 2.75) is 17.7 Å². The Balaban J connectivity index is 2.05. The Kier molecular flexibility index (Phi) is 3.47. The number of pyridine rings is 1. The molecule has 16 heavy (non-hydrogen) atoms. The predicted molar refractivity (Wildman–Crippen MR) is 69.4 cm³/mol. The van der Waals surface area contributed by atoms with E-state index in [4.69, 9.17) is 5.73 Å². The Morgan fingerprint density at radius 3 is 2.81 bits per heavy atom. The van der Waals surface area contributed by atoms with E-state index in [0.717, 1.165) is 16.5 Å². The molecular formula is C13H14N2S. The third kappa shape index (κ3) is 2.76. The fraction of sp³-hybridized carbons (Fsp3) is 0.154. The normalized spacial score (nSPS) is 10.3. The van der Waals surface area contributed by atoms with Crippen LogP contribution in [0.5, 0.6) is 0 Å². The Hall–Kier alpha value is -1.48. The topological polar surface area (TPSA) is 38.9 Å². The third-order valence-electron chi connectivity index (χ3n) is 2.40. The van der Waals surface area contributed by atoms with Crippen LogP contribution in [0.2, 0.25) is 0 Å². The fourth-order valence-electron chi connectivity index (χ4n) is 1.43. The van der Waals surface area contributed by atoms with Crippen LogP contribution >= 0.6 is 11.8 Å². The van der Waals surface area contributed by atoms with E-state index in [-0.39, 0.29) is 0 Å². The number of hydrogen-bond acceptors (Lipinski definition) is 3. The second-order valence-electron chi connectivity index (χ2n) is 3.64. The summed E-state index contributed by atoms with van der Waals surface area (Å²) >= 11 is 1.71. The van der Waals surface area contributed by atoms with Gasteiger partial charge in [-0.05, 0) is 30.2 Å². The van der Waals surface area contributed by atoms with Gasteiger partial charge in [-0.25, -0.2) is 4.98 Å². The zero-order chi connectivity index (χ0) is 11.4. The molecule has 1 heterocycles. The summed E-state index contributed by atoms with van der Waals surface area (Å²) in [5.74, 6) is 0.934.